The summed E-state index contributed by atoms with van der Waals surface area (Å²) in [6.45, 7) is 0. The molecule has 0 saturated heterocycles. The van der Waals surface area contributed by atoms with Crippen LogP contribution in [0.25, 0.3) is 27.8 Å². The van der Waals surface area contributed by atoms with Gasteiger partial charge in [0, 0.05) is 5.56 Å². The summed E-state index contributed by atoms with van der Waals surface area (Å²) in [5.74, 6) is 0. The van der Waals surface area contributed by atoms with E-state index in [4.69, 9.17) is 5.10 Å². The Morgan fingerprint density at radius 1 is 0.609 bits per heavy atom. The van der Waals surface area contributed by atoms with Crippen LogP contribution in [0.15, 0.2) is 91.0 Å². The second-order valence-corrected chi connectivity index (χ2v) is 6.28. The first-order chi connectivity index (χ1) is 11.4. The van der Waals surface area contributed by atoms with Gasteiger partial charge in [-0.1, -0.05) is 78.9 Å². The van der Waals surface area contributed by atoms with Gasteiger partial charge in [-0.05, 0) is 17.7 Å². The molecule has 0 radical (unpaired) electrons. The van der Waals surface area contributed by atoms with Gasteiger partial charge in [0.1, 0.15) is 5.69 Å². The van der Waals surface area contributed by atoms with Gasteiger partial charge in [0.2, 0.25) is 0 Å². The number of rotatable bonds is 3. The molecule has 0 aliphatic carbocycles. The molecule has 23 heavy (non-hydrogen) atoms. The molecule has 110 valence electrons. The third-order valence-electron chi connectivity index (χ3n) is 3.70. The van der Waals surface area contributed by atoms with E-state index in [1.807, 2.05) is 34.8 Å². The summed E-state index contributed by atoms with van der Waals surface area (Å²) in [4.78, 5) is 0. The number of hydrogen-bond acceptors (Lipinski definition) is 1. The molecule has 0 fully saturated rings. The van der Waals surface area contributed by atoms with Crippen molar-refractivity contribution in [1.29, 1.82) is 0 Å². The lowest BCUT2D eigenvalue weighted by Gasteiger charge is -2.01. The molecule has 0 spiro atoms. The monoisotopic (exact) mass is 314 g/mol. The Labute approximate surface area is 137 Å². The van der Waals surface area contributed by atoms with E-state index in [0.717, 1.165) is 25.3 Å². The normalized spacial score (nSPS) is 11.0. The van der Waals surface area contributed by atoms with E-state index in [2.05, 4.69) is 60.7 Å². The minimum absolute atomic E-state index is 1.04. The van der Waals surface area contributed by atoms with Crippen molar-refractivity contribution in [1.82, 2.24) is 9.54 Å². The van der Waals surface area contributed by atoms with Crippen molar-refractivity contribution in [2.75, 3.05) is 0 Å². The van der Waals surface area contributed by atoms with Crippen molar-refractivity contribution in [3.8, 4) is 27.8 Å². The average Bonchev–Trinajstić information content (AvgIpc) is 3.09. The zero-order valence-electron chi connectivity index (χ0n) is 12.5. The van der Waals surface area contributed by atoms with Gasteiger partial charge in [-0.3, -0.25) is 0 Å². The highest BCUT2D eigenvalue weighted by Gasteiger charge is 2.14. The highest BCUT2D eigenvalue weighted by atomic mass is 31.0. The fourth-order valence-corrected chi connectivity index (χ4v) is 3.67. The highest BCUT2D eigenvalue weighted by molar-refractivity contribution is 7.30. The summed E-state index contributed by atoms with van der Waals surface area (Å²) in [5.41, 5.74) is 4.52. The Bertz CT molecular complexity index is 843. The molecule has 1 aromatic heterocycles. The molecule has 3 heteroatoms. The number of hydrogen-bond donors (Lipinski definition) is 0. The predicted molar refractivity (Wildman–Crippen MR) is 96.9 cm³/mol. The highest BCUT2D eigenvalue weighted by Crippen LogP contribution is 2.38. The molecule has 0 atom stereocenters. The molecule has 1 heterocycles. The SMILES string of the molecule is c1ccc(-c2nn(-c3ccccc3)pc2-c2ccccc2)cc1. The van der Waals surface area contributed by atoms with Crippen molar-refractivity contribution < 1.29 is 0 Å². The third-order valence-corrected chi connectivity index (χ3v) is 4.88. The summed E-state index contributed by atoms with van der Waals surface area (Å²) < 4.78 is 2.05. The molecular formula is C20H15N2P. The van der Waals surface area contributed by atoms with Gasteiger partial charge in [-0.15, -0.1) is 0 Å². The minimum atomic E-state index is 1.04. The molecule has 0 aliphatic heterocycles. The summed E-state index contributed by atoms with van der Waals surface area (Å²) in [7, 11) is 1.08. The molecule has 0 bridgehead atoms. The molecule has 0 saturated carbocycles. The topological polar surface area (TPSA) is 17.8 Å². The zero-order valence-corrected chi connectivity index (χ0v) is 13.4. The Balaban J connectivity index is 1.91. The maximum atomic E-state index is 4.89. The van der Waals surface area contributed by atoms with E-state index in [0.29, 0.717) is 0 Å². The molecule has 0 aliphatic rings. The zero-order chi connectivity index (χ0) is 15.5. The average molecular weight is 314 g/mol. The van der Waals surface area contributed by atoms with Crippen LogP contribution in [-0.2, 0) is 0 Å². The molecule has 0 N–H and O–H groups in total. The first kappa shape index (κ1) is 13.9. The summed E-state index contributed by atoms with van der Waals surface area (Å²) in [6.07, 6.45) is 0. The molecular weight excluding hydrogens is 299 g/mol. The van der Waals surface area contributed by atoms with Gasteiger partial charge in [0.25, 0.3) is 0 Å². The lowest BCUT2D eigenvalue weighted by Crippen LogP contribution is -1.91. The van der Waals surface area contributed by atoms with E-state index in [-0.39, 0.29) is 0 Å². The Morgan fingerprint density at radius 2 is 1.13 bits per heavy atom. The second kappa shape index (κ2) is 6.20. The predicted octanol–water partition coefficient (Wildman–Crippen LogP) is 5.79. The van der Waals surface area contributed by atoms with Crippen LogP contribution in [-0.4, -0.2) is 9.54 Å². The van der Waals surface area contributed by atoms with Crippen LogP contribution < -0.4 is 0 Å². The van der Waals surface area contributed by atoms with Crippen LogP contribution in [0.3, 0.4) is 0 Å². The number of para-hydroxylation sites is 1. The van der Waals surface area contributed by atoms with Gasteiger partial charge in [-0.2, -0.15) is 5.10 Å². The molecule has 4 aromatic rings. The quantitative estimate of drug-likeness (QED) is 0.468. The van der Waals surface area contributed by atoms with Crippen LogP contribution in [0, 0.1) is 0 Å². The van der Waals surface area contributed by atoms with Crippen molar-refractivity contribution in [3.05, 3.63) is 91.0 Å². The van der Waals surface area contributed by atoms with E-state index < -0.39 is 0 Å². The summed E-state index contributed by atoms with van der Waals surface area (Å²) >= 11 is 0. The maximum absolute atomic E-state index is 4.89. The van der Waals surface area contributed by atoms with E-state index in [1.54, 1.807) is 0 Å². The van der Waals surface area contributed by atoms with Gasteiger partial charge in [-0.25, -0.2) is 4.44 Å². The molecule has 2 nitrogen and oxygen atoms in total. The van der Waals surface area contributed by atoms with Gasteiger partial charge < -0.3 is 0 Å². The van der Waals surface area contributed by atoms with Crippen LogP contribution in [0.4, 0.5) is 0 Å². The number of benzene rings is 3. The first-order valence-corrected chi connectivity index (χ1v) is 8.40. The van der Waals surface area contributed by atoms with Crippen molar-refractivity contribution in [2.45, 2.75) is 0 Å². The summed E-state index contributed by atoms with van der Waals surface area (Å²) in [5, 5.41) is 6.12. The van der Waals surface area contributed by atoms with Gasteiger partial charge in [0.05, 0.1) is 19.3 Å². The van der Waals surface area contributed by atoms with Gasteiger partial charge in [0.15, 0.2) is 0 Å². The second-order valence-electron chi connectivity index (χ2n) is 5.25. The smallest absolute Gasteiger partial charge is 0.105 e. The minimum Gasteiger partial charge on any atom is -0.214 e. The summed E-state index contributed by atoms with van der Waals surface area (Å²) in [6, 6.07) is 31.2. The fraction of sp³-hybridized carbons (Fsp3) is 0. The lowest BCUT2D eigenvalue weighted by atomic mass is 10.1. The maximum Gasteiger partial charge on any atom is 0.105 e. The van der Waals surface area contributed by atoms with Crippen molar-refractivity contribution in [2.24, 2.45) is 0 Å². The molecule has 0 unspecified atom stereocenters. The first-order valence-electron chi connectivity index (χ1n) is 7.55. The van der Waals surface area contributed by atoms with Crippen LogP contribution in [0.2, 0.25) is 0 Å². The molecule has 4 rings (SSSR count). The number of aromatic nitrogens is 2. The Morgan fingerprint density at radius 3 is 1.74 bits per heavy atom. The van der Waals surface area contributed by atoms with Crippen molar-refractivity contribution in [3.63, 3.8) is 0 Å². The number of nitrogens with zero attached hydrogens (tertiary/aromatic N) is 2. The Hall–Kier alpha value is -2.70. The van der Waals surface area contributed by atoms with E-state index in [1.165, 1.54) is 10.9 Å². The largest absolute Gasteiger partial charge is 0.214 e. The third kappa shape index (κ3) is 2.81. The van der Waals surface area contributed by atoms with E-state index in [9.17, 15) is 0 Å². The molecule has 0 amide bonds. The Kier molecular flexibility index (Phi) is 3.75. The fourth-order valence-electron chi connectivity index (χ4n) is 2.56. The van der Waals surface area contributed by atoms with Gasteiger partial charge >= 0.3 is 0 Å². The van der Waals surface area contributed by atoms with Crippen molar-refractivity contribution >= 4 is 8.35 Å². The van der Waals surface area contributed by atoms with Crippen LogP contribution >= 0.6 is 8.35 Å². The lowest BCUT2D eigenvalue weighted by molar-refractivity contribution is 0.963. The molecule has 3 aromatic carbocycles. The standard InChI is InChI=1S/C20H15N2P/c1-4-10-16(11-5-1)19-20(17-12-6-2-7-13-17)23-22(21-19)18-14-8-3-9-15-18/h1-15H. The van der Waals surface area contributed by atoms with Crippen LogP contribution in [0.1, 0.15) is 0 Å². The van der Waals surface area contributed by atoms with E-state index >= 15 is 0 Å². The van der Waals surface area contributed by atoms with Crippen LogP contribution in [0.5, 0.6) is 0 Å².